The smallest absolute Gasteiger partial charge is 0.0625 e. The van der Waals surface area contributed by atoms with Crippen molar-refractivity contribution in [2.45, 2.75) is 32.7 Å². The second-order valence-corrected chi connectivity index (χ2v) is 4.76. The van der Waals surface area contributed by atoms with Gasteiger partial charge in [-0.25, -0.2) is 0 Å². The fourth-order valence-corrected chi connectivity index (χ4v) is 2.01. The van der Waals surface area contributed by atoms with Crippen molar-refractivity contribution in [3.05, 3.63) is 17.5 Å². The van der Waals surface area contributed by atoms with Gasteiger partial charge in [-0.05, 0) is 36.3 Å². The molecule has 3 nitrogen and oxygen atoms in total. The van der Waals surface area contributed by atoms with E-state index in [0.717, 1.165) is 19.5 Å². The molecular formula is C11H20IN3. The highest BCUT2D eigenvalue weighted by atomic mass is 127. The molecule has 1 N–H and O–H groups in total. The van der Waals surface area contributed by atoms with Gasteiger partial charge in [0.2, 0.25) is 0 Å². The van der Waals surface area contributed by atoms with E-state index in [0.29, 0.717) is 0 Å². The van der Waals surface area contributed by atoms with Crippen LogP contribution in [0.2, 0.25) is 0 Å². The normalized spacial score (nSPS) is 10.9. The predicted octanol–water partition coefficient (Wildman–Crippen LogP) is 2.29. The van der Waals surface area contributed by atoms with Gasteiger partial charge in [-0.2, -0.15) is 5.10 Å². The summed E-state index contributed by atoms with van der Waals surface area (Å²) < 4.78 is 3.23. The van der Waals surface area contributed by atoms with E-state index in [1.807, 2.05) is 11.7 Å². The van der Waals surface area contributed by atoms with Gasteiger partial charge in [0.05, 0.1) is 11.4 Å². The number of alkyl halides is 1. The lowest BCUT2D eigenvalue weighted by Gasteiger charge is -2.03. The molecule has 1 aromatic heterocycles. The fraction of sp³-hybridized carbons (Fsp3) is 0.727. The van der Waals surface area contributed by atoms with Crippen molar-refractivity contribution >= 4 is 22.6 Å². The molecule has 0 saturated carbocycles. The molecule has 0 spiro atoms. The van der Waals surface area contributed by atoms with Crippen molar-refractivity contribution < 1.29 is 0 Å². The van der Waals surface area contributed by atoms with Gasteiger partial charge in [-0.15, -0.1) is 0 Å². The number of halogens is 1. The minimum atomic E-state index is 0.935. The first-order valence-corrected chi connectivity index (χ1v) is 7.09. The summed E-state index contributed by atoms with van der Waals surface area (Å²) in [6.07, 6.45) is 3.59. The van der Waals surface area contributed by atoms with E-state index < -0.39 is 0 Å². The monoisotopic (exact) mass is 321 g/mol. The summed E-state index contributed by atoms with van der Waals surface area (Å²) >= 11 is 2.42. The van der Waals surface area contributed by atoms with Gasteiger partial charge < -0.3 is 5.32 Å². The highest BCUT2D eigenvalue weighted by molar-refractivity contribution is 14.1. The summed E-state index contributed by atoms with van der Waals surface area (Å²) in [5.74, 6) is 0. The van der Waals surface area contributed by atoms with Crippen LogP contribution in [0, 0.1) is 0 Å². The minimum Gasteiger partial charge on any atom is -0.311 e. The molecule has 15 heavy (non-hydrogen) atoms. The molecule has 0 aliphatic carbocycles. The zero-order valence-electron chi connectivity index (χ0n) is 9.59. The second-order valence-electron chi connectivity index (χ2n) is 3.68. The van der Waals surface area contributed by atoms with Gasteiger partial charge in [0.1, 0.15) is 0 Å². The van der Waals surface area contributed by atoms with Gasteiger partial charge >= 0.3 is 0 Å². The van der Waals surface area contributed by atoms with Gasteiger partial charge in [0.25, 0.3) is 0 Å². The van der Waals surface area contributed by atoms with Crippen LogP contribution in [0.15, 0.2) is 6.07 Å². The third kappa shape index (κ3) is 4.51. The van der Waals surface area contributed by atoms with Crippen LogP contribution >= 0.6 is 22.6 Å². The van der Waals surface area contributed by atoms with Crippen LogP contribution < -0.4 is 5.32 Å². The molecule has 0 atom stereocenters. The van der Waals surface area contributed by atoms with Crippen LogP contribution in [0.3, 0.4) is 0 Å². The van der Waals surface area contributed by atoms with E-state index in [1.54, 1.807) is 0 Å². The van der Waals surface area contributed by atoms with E-state index in [2.05, 4.69) is 46.0 Å². The lowest BCUT2D eigenvalue weighted by molar-refractivity contribution is 0.603. The molecule has 0 radical (unpaired) electrons. The van der Waals surface area contributed by atoms with Crippen molar-refractivity contribution in [1.29, 1.82) is 0 Å². The summed E-state index contributed by atoms with van der Waals surface area (Å²) in [6.45, 7) is 4.18. The third-order valence-corrected chi connectivity index (χ3v) is 3.20. The van der Waals surface area contributed by atoms with Crippen LogP contribution in [0.5, 0.6) is 0 Å². The first-order valence-electron chi connectivity index (χ1n) is 5.56. The van der Waals surface area contributed by atoms with Gasteiger partial charge in [0.15, 0.2) is 0 Å². The lowest BCUT2D eigenvalue weighted by Crippen LogP contribution is -2.16. The quantitative estimate of drug-likeness (QED) is 0.474. The van der Waals surface area contributed by atoms with Gasteiger partial charge in [-0.1, -0.05) is 29.5 Å². The number of rotatable bonds is 7. The summed E-state index contributed by atoms with van der Waals surface area (Å²) in [4.78, 5) is 0. The Morgan fingerprint density at radius 3 is 2.87 bits per heavy atom. The average Bonchev–Trinajstić information content (AvgIpc) is 2.59. The number of nitrogens with zero attached hydrogens (tertiary/aromatic N) is 2. The average molecular weight is 321 g/mol. The Morgan fingerprint density at radius 2 is 2.27 bits per heavy atom. The Labute approximate surface area is 106 Å². The second kappa shape index (κ2) is 7.22. The maximum Gasteiger partial charge on any atom is 0.0625 e. The van der Waals surface area contributed by atoms with Gasteiger partial charge in [-0.3, -0.25) is 4.68 Å². The van der Waals surface area contributed by atoms with E-state index >= 15 is 0 Å². The molecule has 0 amide bonds. The van der Waals surface area contributed by atoms with Crippen LogP contribution in [0.4, 0.5) is 0 Å². The molecule has 4 heteroatoms. The molecule has 0 fully saturated rings. The van der Waals surface area contributed by atoms with Crippen LogP contribution in [0.25, 0.3) is 0 Å². The SMILES string of the molecule is CCc1cc(CNCCCCI)n(C)n1. The van der Waals surface area contributed by atoms with E-state index in [-0.39, 0.29) is 0 Å². The largest absolute Gasteiger partial charge is 0.311 e. The molecule has 0 unspecified atom stereocenters. The Balaban J connectivity index is 2.27. The molecule has 0 bridgehead atoms. The molecule has 0 saturated heterocycles. The molecular weight excluding hydrogens is 301 g/mol. The van der Waals surface area contributed by atoms with E-state index in [9.17, 15) is 0 Å². The zero-order valence-corrected chi connectivity index (χ0v) is 11.7. The van der Waals surface area contributed by atoms with Crippen LogP contribution in [-0.4, -0.2) is 20.8 Å². The summed E-state index contributed by atoms with van der Waals surface area (Å²) in [6, 6.07) is 2.19. The van der Waals surface area contributed by atoms with Crippen molar-refractivity contribution in [2.75, 3.05) is 11.0 Å². The van der Waals surface area contributed by atoms with Crippen molar-refractivity contribution in [2.24, 2.45) is 7.05 Å². The topological polar surface area (TPSA) is 29.9 Å². The Kier molecular flexibility index (Phi) is 6.24. The highest BCUT2D eigenvalue weighted by Crippen LogP contribution is 2.03. The summed E-state index contributed by atoms with van der Waals surface area (Å²) in [5.41, 5.74) is 2.46. The van der Waals surface area contributed by atoms with E-state index in [1.165, 1.54) is 28.7 Å². The third-order valence-electron chi connectivity index (χ3n) is 2.43. The summed E-state index contributed by atoms with van der Waals surface area (Å²) in [7, 11) is 2.01. The first-order chi connectivity index (χ1) is 7.27. The fourth-order valence-electron chi connectivity index (χ4n) is 1.47. The molecule has 1 rings (SSSR count). The Hall–Kier alpha value is -0.100. The van der Waals surface area contributed by atoms with Crippen LogP contribution in [0.1, 0.15) is 31.2 Å². The molecule has 1 aromatic rings. The molecule has 0 aromatic carbocycles. The highest BCUT2D eigenvalue weighted by Gasteiger charge is 2.02. The summed E-state index contributed by atoms with van der Waals surface area (Å²) in [5, 5.41) is 7.87. The number of aryl methyl sites for hydroxylation is 2. The molecule has 1 heterocycles. The zero-order chi connectivity index (χ0) is 11.1. The van der Waals surface area contributed by atoms with Crippen LogP contribution in [-0.2, 0) is 20.0 Å². The maximum absolute atomic E-state index is 4.42. The number of nitrogens with one attached hydrogen (secondary N) is 1. The number of aromatic nitrogens is 2. The predicted molar refractivity (Wildman–Crippen MR) is 72.4 cm³/mol. The van der Waals surface area contributed by atoms with Gasteiger partial charge in [0, 0.05) is 13.6 Å². The molecule has 0 aliphatic rings. The first kappa shape index (κ1) is 13.0. The number of hydrogen-bond donors (Lipinski definition) is 1. The standard InChI is InChI=1S/C11H20IN3/c1-3-10-8-11(15(2)14-10)9-13-7-5-4-6-12/h8,13H,3-7,9H2,1-2H3. The minimum absolute atomic E-state index is 0.935. The molecule has 0 aliphatic heterocycles. The Bertz CT molecular complexity index is 283. The maximum atomic E-state index is 4.42. The van der Waals surface area contributed by atoms with Crippen molar-refractivity contribution in [3.8, 4) is 0 Å². The van der Waals surface area contributed by atoms with E-state index in [4.69, 9.17) is 0 Å². The van der Waals surface area contributed by atoms with Crippen molar-refractivity contribution in [3.63, 3.8) is 0 Å². The lowest BCUT2D eigenvalue weighted by atomic mass is 10.3. The number of unbranched alkanes of at least 4 members (excludes halogenated alkanes) is 1. The number of hydrogen-bond acceptors (Lipinski definition) is 2. The molecule has 86 valence electrons. The Morgan fingerprint density at radius 1 is 1.47 bits per heavy atom. The van der Waals surface area contributed by atoms with Crippen molar-refractivity contribution in [1.82, 2.24) is 15.1 Å².